The number of pyridine rings is 1. The molecule has 0 aromatic carbocycles. The molecule has 0 aliphatic carbocycles. The van der Waals surface area contributed by atoms with Crippen LogP contribution in [0.4, 0.5) is 5.00 Å². The van der Waals surface area contributed by atoms with Crippen LogP contribution in [0.2, 0.25) is 5.15 Å². The van der Waals surface area contributed by atoms with E-state index in [1.807, 2.05) is 12.1 Å². The zero-order valence-electron chi connectivity index (χ0n) is 9.50. The second-order valence-corrected chi connectivity index (χ2v) is 5.12. The number of halogens is 1. The van der Waals surface area contributed by atoms with Gasteiger partial charge in [-0.1, -0.05) is 22.9 Å². The van der Waals surface area contributed by atoms with E-state index in [-0.39, 0.29) is 11.7 Å². The summed E-state index contributed by atoms with van der Waals surface area (Å²) in [6.07, 6.45) is 3.40. The number of amides is 1. The molecule has 0 aliphatic rings. The summed E-state index contributed by atoms with van der Waals surface area (Å²) in [6, 6.07) is 3.72. The topological polar surface area (TPSA) is 46.1 Å². The summed E-state index contributed by atoms with van der Waals surface area (Å²) >= 11 is 11.4. The first kappa shape index (κ1) is 13.3. The number of hydrogen-bond donors (Lipinski definition) is 1. The molecular weight excluding hydrogens is 290 g/mol. The first-order valence-electron chi connectivity index (χ1n) is 5.07. The second kappa shape index (κ2) is 5.69. The van der Waals surface area contributed by atoms with Crippen LogP contribution >= 0.6 is 35.6 Å². The number of rotatable bonds is 3. The fourth-order valence-corrected chi connectivity index (χ4v) is 2.85. The smallest absolute Gasteiger partial charge is 0.237 e. The predicted molar refractivity (Wildman–Crippen MR) is 77.6 cm³/mol. The van der Waals surface area contributed by atoms with Crippen LogP contribution in [0.25, 0.3) is 10.6 Å². The highest BCUT2D eigenvalue weighted by atomic mass is 35.5. The second-order valence-electron chi connectivity index (χ2n) is 3.47. The van der Waals surface area contributed by atoms with Crippen LogP contribution in [-0.4, -0.2) is 28.7 Å². The van der Waals surface area contributed by atoms with Crippen LogP contribution in [0, 0.1) is 0 Å². The van der Waals surface area contributed by atoms with E-state index in [2.05, 4.69) is 22.6 Å². The van der Waals surface area contributed by atoms with Crippen LogP contribution in [0.1, 0.15) is 0 Å². The molecule has 0 atom stereocenters. The molecule has 0 unspecified atom stereocenters. The lowest BCUT2D eigenvalue weighted by Crippen LogP contribution is -2.26. The van der Waals surface area contributed by atoms with Gasteiger partial charge < -0.3 is 4.90 Å². The number of hydrogen-bond acceptors (Lipinski definition) is 5. The van der Waals surface area contributed by atoms with Crippen molar-refractivity contribution in [3.05, 3.63) is 29.7 Å². The minimum atomic E-state index is -0.123. The fourth-order valence-electron chi connectivity index (χ4n) is 1.33. The lowest BCUT2D eigenvalue weighted by Gasteiger charge is -2.12. The van der Waals surface area contributed by atoms with Gasteiger partial charge in [0.1, 0.15) is 10.0 Å². The van der Waals surface area contributed by atoms with Crippen molar-refractivity contribution >= 4 is 46.5 Å². The average molecular weight is 300 g/mol. The predicted octanol–water partition coefficient (Wildman–Crippen LogP) is 2.75. The molecule has 0 fully saturated rings. The Morgan fingerprint density at radius 2 is 2.39 bits per heavy atom. The Bertz CT molecular complexity index is 559. The summed E-state index contributed by atoms with van der Waals surface area (Å²) in [5, 5.41) is 1.67. The molecule has 2 heterocycles. The van der Waals surface area contributed by atoms with Crippen molar-refractivity contribution in [3.63, 3.8) is 0 Å². The van der Waals surface area contributed by atoms with E-state index in [0.29, 0.717) is 10.2 Å². The maximum Gasteiger partial charge on any atom is 0.237 e. The van der Waals surface area contributed by atoms with Gasteiger partial charge >= 0.3 is 0 Å². The third kappa shape index (κ3) is 2.66. The molecule has 18 heavy (non-hydrogen) atoms. The maximum absolute atomic E-state index is 11.6. The van der Waals surface area contributed by atoms with E-state index in [1.165, 1.54) is 16.2 Å². The van der Waals surface area contributed by atoms with Crippen molar-refractivity contribution in [2.45, 2.75) is 0 Å². The van der Waals surface area contributed by atoms with Gasteiger partial charge in [-0.2, -0.15) is 12.6 Å². The Morgan fingerprint density at radius 1 is 1.61 bits per heavy atom. The Balaban J connectivity index is 2.36. The summed E-state index contributed by atoms with van der Waals surface area (Å²) in [7, 11) is 1.66. The number of thiazole rings is 1. The summed E-state index contributed by atoms with van der Waals surface area (Å²) in [6.45, 7) is 0. The number of anilines is 1. The first-order chi connectivity index (χ1) is 8.63. The number of nitrogens with zero attached hydrogens (tertiary/aromatic N) is 3. The van der Waals surface area contributed by atoms with Gasteiger partial charge in [0.25, 0.3) is 0 Å². The monoisotopic (exact) mass is 299 g/mol. The van der Waals surface area contributed by atoms with Gasteiger partial charge in [-0.25, -0.2) is 4.98 Å². The number of aromatic nitrogens is 2. The van der Waals surface area contributed by atoms with Crippen molar-refractivity contribution in [3.8, 4) is 10.6 Å². The van der Waals surface area contributed by atoms with E-state index in [4.69, 9.17) is 11.6 Å². The van der Waals surface area contributed by atoms with Crippen molar-refractivity contribution in [1.82, 2.24) is 9.97 Å². The molecule has 0 aliphatic heterocycles. The minimum Gasteiger partial charge on any atom is -0.304 e. The molecule has 2 aromatic heterocycles. The lowest BCUT2D eigenvalue weighted by molar-refractivity contribution is -0.115. The summed E-state index contributed by atoms with van der Waals surface area (Å²) in [5.41, 5.74) is 0.877. The Kier molecular flexibility index (Phi) is 4.21. The zero-order valence-corrected chi connectivity index (χ0v) is 12.0. The van der Waals surface area contributed by atoms with Crippen LogP contribution < -0.4 is 4.90 Å². The SMILES string of the molecule is CN(C(=O)CS)c1sc(-c2cccnc2)nc1Cl. The van der Waals surface area contributed by atoms with Gasteiger partial charge in [-0.15, -0.1) is 0 Å². The fraction of sp³-hybridized carbons (Fsp3) is 0.182. The van der Waals surface area contributed by atoms with Crippen molar-refractivity contribution < 1.29 is 4.79 Å². The van der Waals surface area contributed by atoms with Gasteiger partial charge in [0.15, 0.2) is 5.15 Å². The molecule has 0 radical (unpaired) electrons. The number of thiol groups is 1. The van der Waals surface area contributed by atoms with E-state index >= 15 is 0 Å². The van der Waals surface area contributed by atoms with Gasteiger partial charge in [0.2, 0.25) is 5.91 Å². The standard InChI is InChI=1S/C11H10ClN3OS2/c1-15(8(16)6-17)11-9(12)14-10(18-11)7-3-2-4-13-5-7/h2-5,17H,6H2,1H3. The molecule has 94 valence electrons. The van der Waals surface area contributed by atoms with Gasteiger partial charge in [0.05, 0.1) is 5.75 Å². The number of carbonyl (C=O) groups is 1. The molecule has 0 saturated carbocycles. The van der Waals surface area contributed by atoms with Gasteiger partial charge in [-0.05, 0) is 12.1 Å². The van der Waals surface area contributed by atoms with Crippen LogP contribution in [0.15, 0.2) is 24.5 Å². The summed E-state index contributed by atoms with van der Waals surface area (Å²) < 4.78 is 0. The molecule has 2 rings (SSSR count). The third-order valence-corrected chi connectivity index (χ3v) is 4.12. The van der Waals surface area contributed by atoms with E-state index in [1.54, 1.807) is 19.4 Å². The van der Waals surface area contributed by atoms with Crippen molar-refractivity contribution in [2.75, 3.05) is 17.7 Å². The highest BCUT2D eigenvalue weighted by Crippen LogP contribution is 2.36. The molecule has 0 N–H and O–H groups in total. The number of carbonyl (C=O) groups excluding carboxylic acids is 1. The average Bonchev–Trinajstić information content (AvgIpc) is 2.80. The Hall–Kier alpha value is -1.11. The molecule has 1 amide bonds. The molecule has 0 saturated heterocycles. The largest absolute Gasteiger partial charge is 0.304 e. The Labute approximate surface area is 119 Å². The molecule has 7 heteroatoms. The lowest BCUT2D eigenvalue weighted by atomic mass is 10.3. The third-order valence-electron chi connectivity index (χ3n) is 2.29. The van der Waals surface area contributed by atoms with Crippen LogP contribution in [0.3, 0.4) is 0 Å². The molecule has 0 bridgehead atoms. The molecule has 4 nitrogen and oxygen atoms in total. The maximum atomic E-state index is 11.6. The molecule has 2 aromatic rings. The van der Waals surface area contributed by atoms with Crippen molar-refractivity contribution in [2.24, 2.45) is 0 Å². The molecule has 0 spiro atoms. The van der Waals surface area contributed by atoms with Crippen molar-refractivity contribution in [1.29, 1.82) is 0 Å². The van der Waals surface area contributed by atoms with Crippen LogP contribution in [0.5, 0.6) is 0 Å². The molecular formula is C11H10ClN3OS2. The summed E-state index contributed by atoms with van der Waals surface area (Å²) in [5.74, 6) is 0.00840. The van der Waals surface area contributed by atoms with Crippen LogP contribution in [-0.2, 0) is 4.79 Å². The quantitative estimate of drug-likeness (QED) is 0.887. The van der Waals surface area contributed by atoms with Gasteiger partial charge in [0, 0.05) is 25.0 Å². The summed E-state index contributed by atoms with van der Waals surface area (Å²) in [4.78, 5) is 21.3. The normalized spacial score (nSPS) is 10.4. The van der Waals surface area contributed by atoms with Gasteiger partial charge in [-0.3, -0.25) is 9.78 Å². The zero-order chi connectivity index (χ0) is 13.1. The van der Waals surface area contributed by atoms with E-state index in [9.17, 15) is 4.79 Å². The van der Waals surface area contributed by atoms with E-state index in [0.717, 1.165) is 10.6 Å². The van der Waals surface area contributed by atoms with E-state index < -0.39 is 0 Å². The minimum absolute atomic E-state index is 0.123. The highest BCUT2D eigenvalue weighted by Gasteiger charge is 2.18. The first-order valence-corrected chi connectivity index (χ1v) is 6.90. The Morgan fingerprint density at radius 3 is 3.00 bits per heavy atom. The highest BCUT2D eigenvalue weighted by molar-refractivity contribution is 7.81.